The molecule has 1 unspecified atom stereocenters. The van der Waals surface area contributed by atoms with E-state index < -0.39 is 12.0 Å². The van der Waals surface area contributed by atoms with E-state index in [-0.39, 0.29) is 0 Å². The molecule has 2 N–H and O–H groups in total. The van der Waals surface area contributed by atoms with Crippen molar-refractivity contribution in [1.82, 2.24) is 5.16 Å². The van der Waals surface area contributed by atoms with Gasteiger partial charge in [-0.05, 0) is 6.92 Å². The number of carbonyl (C=O) groups is 1. The van der Waals surface area contributed by atoms with Crippen LogP contribution in [0.5, 0.6) is 0 Å². The van der Waals surface area contributed by atoms with Gasteiger partial charge in [-0.1, -0.05) is 35.5 Å². The molecule has 0 aliphatic carbocycles. The molecule has 0 amide bonds. The molecule has 1 aromatic carbocycles. The fourth-order valence-electron chi connectivity index (χ4n) is 1.91. The summed E-state index contributed by atoms with van der Waals surface area (Å²) in [4.78, 5) is 11.4. The third-order valence-corrected chi connectivity index (χ3v) is 2.96. The Kier molecular flexibility index (Phi) is 3.97. The van der Waals surface area contributed by atoms with Gasteiger partial charge in [0.2, 0.25) is 0 Å². The number of rotatable bonds is 4. The summed E-state index contributed by atoms with van der Waals surface area (Å²) < 4.78 is 9.84. The van der Waals surface area contributed by atoms with Crippen molar-refractivity contribution in [3.05, 3.63) is 41.7 Å². The number of aryl methyl sites for hydroxylation is 1. The maximum absolute atomic E-state index is 11.4. The van der Waals surface area contributed by atoms with E-state index in [0.717, 1.165) is 16.8 Å². The second kappa shape index (κ2) is 5.67. The van der Waals surface area contributed by atoms with Crippen molar-refractivity contribution in [3.63, 3.8) is 0 Å². The van der Waals surface area contributed by atoms with E-state index in [2.05, 4.69) is 9.89 Å². The fraction of sp³-hybridized carbons (Fsp3) is 0.286. The smallest absolute Gasteiger partial charge is 0.322 e. The molecule has 2 aromatic rings. The molecule has 0 fully saturated rings. The number of esters is 1. The van der Waals surface area contributed by atoms with Gasteiger partial charge in [0.05, 0.1) is 7.11 Å². The molecule has 0 saturated heterocycles. The molecule has 1 atom stereocenters. The number of aromatic nitrogens is 1. The van der Waals surface area contributed by atoms with Crippen molar-refractivity contribution in [2.24, 2.45) is 5.73 Å². The quantitative estimate of drug-likeness (QED) is 0.846. The van der Waals surface area contributed by atoms with E-state index in [1.165, 1.54) is 7.11 Å². The Morgan fingerprint density at radius 3 is 2.74 bits per heavy atom. The van der Waals surface area contributed by atoms with Gasteiger partial charge in [0.25, 0.3) is 0 Å². The molecule has 0 bridgehead atoms. The van der Waals surface area contributed by atoms with Crippen LogP contribution in [0.1, 0.15) is 11.3 Å². The Morgan fingerprint density at radius 1 is 1.42 bits per heavy atom. The van der Waals surface area contributed by atoms with Gasteiger partial charge < -0.3 is 15.0 Å². The van der Waals surface area contributed by atoms with Crippen molar-refractivity contribution in [2.45, 2.75) is 19.4 Å². The predicted molar refractivity (Wildman–Crippen MR) is 70.4 cm³/mol. The molecule has 5 nitrogen and oxygen atoms in total. The largest absolute Gasteiger partial charge is 0.468 e. The average molecular weight is 260 g/mol. The highest BCUT2D eigenvalue weighted by atomic mass is 16.5. The Labute approximate surface area is 111 Å². The lowest BCUT2D eigenvalue weighted by Crippen LogP contribution is -2.33. The van der Waals surface area contributed by atoms with Crippen molar-refractivity contribution < 1.29 is 14.1 Å². The first-order chi connectivity index (χ1) is 9.13. The van der Waals surface area contributed by atoms with E-state index >= 15 is 0 Å². The van der Waals surface area contributed by atoms with Gasteiger partial charge in [0, 0.05) is 17.5 Å². The molecular formula is C14H16N2O3. The number of methoxy groups -OCH3 is 1. The topological polar surface area (TPSA) is 78.4 Å². The number of nitrogens with zero attached hydrogens (tertiary/aromatic N) is 1. The molecule has 100 valence electrons. The minimum Gasteiger partial charge on any atom is -0.468 e. The summed E-state index contributed by atoms with van der Waals surface area (Å²) in [6.07, 6.45) is 0.340. The van der Waals surface area contributed by atoms with Crippen LogP contribution in [0.4, 0.5) is 0 Å². The van der Waals surface area contributed by atoms with Crippen molar-refractivity contribution in [2.75, 3.05) is 7.11 Å². The molecule has 0 aliphatic heterocycles. The molecule has 1 aromatic heterocycles. The minimum absolute atomic E-state index is 0.340. The molecule has 0 aliphatic rings. The number of hydrogen-bond acceptors (Lipinski definition) is 5. The number of ether oxygens (including phenoxy) is 1. The van der Waals surface area contributed by atoms with Crippen LogP contribution in [0.25, 0.3) is 11.3 Å². The van der Waals surface area contributed by atoms with Crippen LogP contribution in [0.3, 0.4) is 0 Å². The number of carbonyl (C=O) groups excluding carboxylic acids is 1. The Hall–Kier alpha value is -2.14. The Bertz CT molecular complexity index is 563. The normalized spacial score (nSPS) is 12.2. The maximum atomic E-state index is 11.4. The summed E-state index contributed by atoms with van der Waals surface area (Å²) in [5, 5.41) is 4.04. The van der Waals surface area contributed by atoms with Crippen molar-refractivity contribution in [1.29, 1.82) is 0 Å². The van der Waals surface area contributed by atoms with E-state index in [9.17, 15) is 4.79 Å². The van der Waals surface area contributed by atoms with E-state index in [1.54, 1.807) is 6.92 Å². The van der Waals surface area contributed by atoms with Crippen LogP contribution in [-0.4, -0.2) is 24.3 Å². The lowest BCUT2D eigenvalue weighted by Gasteiger charge is -2.09. The summed E-state index contributed by atoms with van der Waals surface area (Å²) in [6.45, 7) is 1.80. The minimum atomic E-state index is -0.717. The van der Waals surface area contributed by atoms with E-state index in [4.69, 9.17) is 10.3 Å². The van der Waals surface area contributed by atoms with Crippen LogP contribution in [-0.2, 0) is 16.0 Å². The van der Waals surface area contributed by atoms with Gasteiger partial charge in [-0.3, -0.25) is 4.79 Å². The van der Waals surface area contributed by atoms with Gasteiger partial charge in [-0.25, -0.2) is 0 Å². The third-order valence-electron chi connectivity index (χ3n) is 2.96. The second-order valence-corrected chi connectivity index (χ2v) is 4.27. The lowest BCUT2D eigenvalue weighted by molar-refractivity contribution is -0.142. The SMILES string of the molecule is COC(=O)C(N)Cc1c(-c2ccccc2)noc1C. The molecule has 2 rings (SSSR count). The Morgan fingerprint density at radius 2 is 2.11 bits per heavy atom. The molecule has 1 heterocycles. The van der Waals surface area contributed by atoms with Crippen LogP contribution in [0.15, 0.2) is 34.9 Å². The van der Waals surface area contributed by atoms with Gasteiger partial charge in [-0.2, -0.15) is 0 Å². The monoisotopic (exact) mass is 260 g/mol. The third kappa shape index (κ3) is 2.82. The van der Waals surface area contributed by atoms with E-state index in [0.29, 0.717) is 12.2 Å². The zero-order valence-electron chi connectivity index (χ0n) is 10.9. The molecule has 0 saturated carbocycles. The summed E-state index contributed by atoms with van der Waals surface area (Å²) in [5.41, 5.74) is 8.28. The van der Waals surface area contributed by atoms with Crippen molar-refractivity contribution >= 4 is 5.97 Å². The first-order valence-corrected chi connectivity index (χ1v) is 5.97. The zero-order valence-corrected chi connectivity index (χ0v) is 10.9. The second-order valence-electron chi connectivity index (χ2n) is 4.27. The average Bonchev–Trinajstić information content (AvgIpc) is 2.80. The van der Waals surface area contributed by atoms with Gasteiger partial charge >= 0.3 is 5.97 Å². The zero-order chi connectivity index (χ0) is 13.8. The summed E-state index contributed by atoms with van der Waals surface area (Å²) in [7, 11) is 1.32. The van der Waals surface area contributed by atoms with Gasteiger partial charge in [-0.15, -0.1) is 0 Å². The van der Waals surface area contributed by atoms with Crippen LogP contribution in [0.2, 0.25) is 0 Å². The number of hydrogen-bond donors (Lipinski definition) is 1. The summed E-state index contributed by atoms with van der Waals surface area (Å²) in [6, 6.07) is 8.92. The highest BCUT2D eigenvalue weighted by Crippen LogP contribution is 2.25. The van der Waals surface area contributed by atoms with Crippen LogP contribution in [0, 0.1) is 6.92 Å². The number of benzene rings is 1. The highest BCUT2D eigenvalue weighted by molar-refractivity contribution is 5.76. The van der Waals surface area contributed by atoms with Gasteiger partial charge in [0.1, 0.15) is 17.5 Å². The molecule has 0 spiro atoms. The summed E-state index contributed by atoms with van der Waals surface area (Å²) in [5.74, 6) is 0.220. The molecular weight excluding hydrogens is 244 g/mol. The van der Waals surface area contributed by atoms with Crippen LogP contribution < -0.4 is 5.73 Å². The van der Waals surface area contributed by atoms with Crippen molar-refractivity contribution in [3.8, 4) is 11.3 Å². The van der Waals surface area contributed by atoms with E-state index in [1.807, 2.05) is 30.3 Å². The number of nitrogens with two attached hydrogens (primary N) is 1. The molecule has 0 radical (unpaired) electrons. The first kappa shape index (κ1) is 13.3. The van der Waals surface area contributed by atoms with Crippen LogP contribution >= 0.6 is 0 Å². The first-order valence-electron chi connectivity index (χ1n) is 5.97. The highest BCUT2D eigenvalue weighted by Gasteiger charge is 2.21. The lowest BCUT2D eigenvalue weighted by atomic mass is 10.0. The standard InChI is InChI=1S/C14H16N2O3/c1-9-11(8-12(15)14(17)18-2)13(16-19-9)10-6-4-3-5-7-10/h3-7,12H,8,15H2,1-2H3. The molecule has 19 heavy (non-hydrogen) atoms. The Balaban J connectivity index is 2.31. The summed E-state index contributed by atoms with van der Waals surface area (Å²) >= 11 is 0. The fourth-order valence-corrected chi connectivity index (χ4v) is 1.91. The maximum Gasteiger partial charge on any atom is 0.322 e. The molecule has 5 heteroatoms. The van der Waals surface area contributed by atoms with Gasteiger partial charge in [0.15, 0.2) is 0 Å². The predicted octanol–water partition coefficient (Wildman–Crippen LogP) is 1.69.